The molecule has 1 aromatic heterocycles. The lowest BCUT2D eigenvalue weighted by molar-refractivity contribution is -0.116. The van der Waals surface area contributed by atoms with E-state index in [9.17, 15) is 19.1 Å². The molecule has 0 radical (unpaired) electrons. The number of ether oxygens (including phenoxy) is 2. The van der Waals surface area contributed by atoms with E-state index in [1.165, 1.54) is 24.3 Å². The summed E-state index contributed by atoms with van der Waals surface area (Å²) in [6.45, 7) is 0. The first-order valence-corrected chi connectivity index (χ1v) is 12.1. The minimum absolute atomic E-state index is 0.108. The number of rotatable bonds is 6. The predicted octanol–water partition coefficient (Wildman–Crippen LogP) is 6.06. The number of nitrogens with one attached hydrogen (secondary N) is 1. The highest BCUT2D eigenvalue weighted by Crippen LogP contribution is 2.50. The fourth-order valence-electron chi connectivity index (χ4n) is 4.78. The maximum atomic E-state index is 13.5. The van der Waals surface area contributed by atoms with E-state index in [2.05, 4.69) is 5.32 Å². The first-order valence-electron chi connectivity index (χ1n) is 11.2. The molecule has 34 heavy (non-hydrogen) atoms. The number of carboxylic acid groups (broad SMARTS) is 1. The molecule has 1 saturated carbocycles. The first-order chi connectivity index (χ1) is 16.4. The van der Waals surface area contributed by atoms with Crippen LogP contribution in [0.15, 0.2) is 42.5 Å². The molecule has 3 aromatic rings. The Morgan fingerprint density at radius 2 is 1.85 bits per heavy atom. The molecule has 1 aliphatic heterocycles. The third-order valence-corrected chi connectivity index (χ3v) is 7.71. The number of hydrogen-bond acceptors (Lipinski definition) is 5. The van der Waals surface area contributed by atoms with E-state index in [0.29, 0.717) is 28.3 Å². The zero-order chi connectivity index (χ0) is 23.8. The summed E-state index contributed by atoms with van der Waals surface area (Å²) in [5.74, 6) is -0.798. The van der Waals surface area contributed by atoms with Gasteiger partial charge < -0.3 is 19.9 Å². The Morgan fingerprint density at radius 1 is 1.12 bits per heavy atom. The van der Waals surface area contributed by atoms with Crippen LogP contribution in [0.3, 0.4) is 0 Å². The van der Waals surface area contributed by atoms with Crippen LogP contribution in [0.2, 0.25) is 0 Å². The number of carbonyl (C=O) groups excluding carboxylic acids is 1. The minimum Gasteiger partial charge on any atom is -0.493 e. The molecule has 1 aliphatic carbocycles. The molecule has 2 N–H and O–H groups in total. The number of carboxylic acids is 1. The first kappa shape index (κ1) is 22.4. The van der Waals surface area contributed by atoms with Crippen molar-refractivity contribution in [2.75, 3.05) is 12.4 Å². The lowest BCUT2D eigenvalue weighted by Gasteiger charge is -2.25. The maximum Gasteiger partial charge on any atom is 0.346 e. The van der Waals surface area contributed by atoms with Crippen molar-refractivity contribution in [1.29, 1.82) is 0 Å². The van der Waals surface area contributed by atoms with Gasteiger partial charge in [0.1, 0.15) is 10.7 Å². The Kier molecular flexibility index (Phi) is 6.00. The molecule has 5 rings (SSSR count). The number of hydrogen-bond donors (Lipinski definition) is 2. The van der Waals surface area contributed by atoms with Gasteiger partial charge in [-0.25, -0.2) is 9.18 Å². The summed E-state index contributed by atoms with van der Waals surface area (Å²) in [5.41, 5.74) is 2.25. The average molecular weight is 482 g/mol. The number of thiophene rings is 1. The Labute approximate surface area is 200 Å². The number of methoxy groups -OCH3 is 1. The molecule has 6 nitrogen and oxygen atoms in total. The SMILES string of the molecule is COc1cc([C@H]2CC(=O)Nc3c2sc(C(=O)O)c3-c2ccc(F)cc2)ccc1OC1CCCC1. The lowest BCUT2D eigenvalue weighted by atomic mass is 9.88. The molecule has 1 atom stereocenters. The molecule has 0 unspecified atom stereocenters. The zero-order valence-corrected chi connectivity index (χ0v) is 19.4. The Morgan fingerprint density at radius 3 is 2.53 bits per heavy atom. The molecular formula is C26H24FNO5S. The van der Waals surface area contributed by atoms with Gasteiger partial charge in [0, 0.05) is 22.8 Å². The van der Waals surface area contributed by atoms with Crippen molar-refractivity contribution in [3.63, 3.8) is 0 Å². The predicted molar refractivity (Wildman–Crippen MR) is 128 cm³/mol. The molecule has 176 valence electrons. The van der Waals surface area contributed by atoms with Gasteiger partial charge in [-0.1, -0.05) is 18.2 Å². The second-order valence-electron chi connectivity index (χ2n) is 8.60. The van der Waals surface area contributed by atoms with Crippen molar-refractivity contribution in [2.24, 2.45) is 0 Å². The largest absolute Gasteiger partial charge is 0.493 e. The summed E-state index contributed by atoms with van der Waals surface area (Å²) < 4.78 is 25.2. The fraction of sp³-hybridized carbons (Fsp3) is 0.308. The van der Waals surface area contributed by atoms with E-state index in [1.807, 2.05) is 18.2 Å². The standard InChI is InChI=1S/C26H24FNO5S/c1-32-20-12-15(8-11-19(20)33-17-4-2-3-5-17)18-13-21(29)28-23-22(14-6-9-16(27)10-7-14)25(26(30)31)34-24(18)23/h6-12,17-18H,2-5,13H2,1H3,(H,28,29)(H,30,31)/t18-/m1/s1. The summed E-state index contributed by atoms with van der Waals surface area (Å²) in [6, 6.07) is 11.3. The molecule has 0 spiro atoms. The average Bonchev–Trinajstić information content (AvgIpc) is 3.47. The summed E-state index contributed by atoms with van der Waals surface area (Å²) >= 11 is 1.14. The van der Waals surface area contributed by atoms with Crippen LogP contribution in [0.1, 0.15) is 58.1 Å². The molecule has 0 saturated heterocycles. The van der Waals surface area contributed by atoms with Crippen molar-refractivity contribution in [1.82, 2.24) is 0 Å². The molecular weight excluding hydrogens is 457 g/mol. The highest BCUT2D eigenvalue weighted by molar-refractivity contribution is 7.15. The summed E-state index contributed by atoms with van der Waals surface area (Å²) in [4.78, 5) is 25.7. The third kappa shape index (κ3) is 4.14. The third-order valence-electron chi connectivity index (χ3n) is 6.42. The molecule has 1 fully saturated rings. The lowest BCUT2D eigenvalue weighted by Crippen LogP contribution is -2.22. The maximum absolute atomic E-state index is 13.5. The van der Waals surface area contributed by atoms with E-state index in [4.69, 9.17) is 9.47 Å². The second-order valence-corrected chi connectivity index (χ2v) is 9.65. The second kappa shape index (κ2) is 9.10. The van der Waals surface area contributed by atoms with Gasteiger partial charge in [0.2, 0.25) is 5.91 Å². The number of aromatic carboxylic acids is 1. The van der Waals surface area contributed by atoms with Gasteiger partial charge in [-0.05, 0) is 61.1 Å². The molecule has 2 aliphatic rings. The van der Waals surface area contributed by atoms with Crippen molar-refractivity contribution in [2.45, 2.75) is 44.1 Å². The summed E-state index contributed by atoms with van der Waals surface area (Å²) in [7, 11) is 1.58. The van der Waals surface area contributed by atoms with E-state index in [0.717, 1.165) is 47.5 Å². The van der Waals surface area contributed by atoms with Gasteiger partial charge in [0.25, 0.3) is 0 Å². The number of amides is 1. The van der Waals surface area contributed by atoms with Crippen LogP contribution in [-0.4, -0.2) is 30.2 Å². The van der Waals surface area contributed by atoms with Gasteiger partial charge in [-0.15, -0.1) is 11.3 Å². The van der Waals surface area contributed by atoms with Gasteiger partial charge in [-0.3, -0.25) is 4.79 Å². The smallest absolute Gasteiger partial charge is 0.346 e. The van der Waals surface area contributed by atoms with Gasteiger partial charge in [0.05, 0.1) is 18.9 Å². The summed E-state index contributed by atoms with van der Waals surface area (Å²) in [6.07, 6.45) is 4.73. The van der Waals surface area contributed by atoms with Crippen LogP contribution in [0, 0.1) is 5.82 Å². The molecule has 2 heterocycles. The van der Waals surface area contributed by atoms with Crippen molar-refractivity contribution in [3.05, 3.63) is 63.6 Å². The van der Waals surface area contributed by atoms with Crippen LogP contribution in [0.4, 0.5) is 10.1 Å². The number of fused-ring (bicyclic) bond motifs is 1. The topological polar surface area (TPSA) is 84.9 Å². The summed E-state index contributed by atoms with van der Waals surface area (Å²) in [5, 5.41) is 12.8. The Bertz CT molecular complexity index is 1250. The normalized spacial score (nSPS) is 17.8. The van der Waals surface area contributed by atoms with E-state index in [-0.39, 0.29) is 29.2 Å². The number of halogens is 1. The van der Waals surface area contributed by atoms with Gasteiger partial charge >= 0.3 is 5.97 Å². The van der Waals surface area contributed by atoms with Gasteiger partial charge in [0.15, 0.2) is 11.5 Å². The highest BCUT2D eigenvalue weighted by atomic mass is 32.1. The molecule has 2 aromatic carbocycles. The van der Waals surface area contributed by atoms with Crippen molar-refractivity contribution < 1.29 is 28.6 Å². The minimum atomic E-state index is -1.09. The van der Waals surface area contributed by atoms with Crippen LogP contribution < -0.4 is 14.8 Å². The Balaban J connectivity index is 1.57. The van der Waals surface area contributed by atoms with Crippen LogP contribution in [0.25, 0.3) is 11.1 Å². The molecule has 1 amide bonds. The van der Waals surface area contributed by atoms with Crippen molar-refractivity contribution >= 4 is 28.9 Å². The fourth-order valence-corrected chi connectivity index (χ4v) is 6.03. The van der Waals surface area contributed by atoms with Gasteiger partial charge in [-0.2, -0.15) is 0 Å². The number of benzene rings is 2. The zero-order valence-electron chi connectivity index (χ0n) is 18.6. The quantitative estimate of drug-likeness (QED) is 0.447. The highest BCUT2D eigenvalue weighted by Gasteiger charge is 2.35. The van der Waals surface area contributed by atoms with Crippen LogP contribution in [-0.2, 0) is 4.79 Å². The monoisotopic (exact) mass is 481 g/mol. The van der Waals surface area contributed by atoms with Crippen molar-refractivity contribution in [3.8, 4) is 22.6 Å². The van der Waals surface area contributed by atoms with E-state index < -0.39 is 11.8 Å². The molecule has 0 bridgehead atoms. The number of carbonyl (C=O) groups is 2. The molecule has 8 heteroatoms. The van der Waals surface area contributed by atoms with Crippen LogP contribution in [0.5, 0.6) is 11.5 Å². The van der Waals surface area contributed by atoms with E-state index in [1.54, 1.807) is 7.11 Å². The number of anilines is 1. The Hall–Kier alpha value is -3.39. The van der Waals surface area contributed by atoms with Crippen LogP contribution >= 0.6 is 11.3 Å². The van der Waals surface area contributed by atoms with E-state index >= 15 is 0 Å².